The van der Waals surface area contributed by atoms with Gasteiger partial charge in [0.15, 0.2) is 0 Å². The summed E-state index contributed by atoms with van der Waals surface area (Å²) < 4.78 is 5.90. The molecule has 0 spiro atoms. The minimum atomic E-state index is 0.225. The highest BCUT2D eigenvalue weighted by molar-refractivity contribution is 5.75. The summed E-state index contributed by atoms with van der Waals surface area (Å²) in [5.41, 5.74) is 0.889. The Balaban J connectivity index is 1.73. The number of carbonyl (C=O) groups is 1. The molecule has 0 unspecified atom stereocenters. The highest BCUT2D eigenvalue weighted by Gasteiger charge is 2.26. The largest absolute Gasteiger partial charge is 0.437 e. The van der Waals surface area contributed by atoms with Crippen molar-refractivity contribution in [3.8, 4) is 11.6 Å². The van der Waals surface area contributed by atoms with Crippen molar-refractivity contribution in [3.63, 3.8) is 0 Å². The van der Waals surface area contributed by atoms with Crippen molar-refractivity contribution < 1.29 is 9.53 Å². The van der Waals surface area contributed by atoms with Gasteiger partial charge in [-0.05, 0) is 25.0 Å². The zero-order valence-corrected chi connectivity index (χ0v) is 13.3. The number of ether oxygens (including phenoxy) is 1. The van der Waals surface area contributed by atoms with E-state index in [-0.39, 0.29) is 11.8 Å². The molecule has 1 amide bonds. The predicted molar refractivity (Wildman–Crippen MR) is 87.4 cm³/mol. The Morgan fingerprint density at radius 2 is 1.87 bits per heavy atom. The Kier molecular flexibility index (Phi) is 4.86. The molecule has 1 fully saturated rings. The van der Waals surface area contributed by atoms with Crippen molar-refractivity contribution in [1.82, 2.24) is 14.9 Å². The van der Waals surface area contributed by atoms with E-state index >= 15 is 0 Å². The third-order valence-electron chi connectivity index (χ3n) is 4.19. The number of benzene rings is 1. The smallest absolute Gasteiger partial charge is 0.241 e. The summed E-state index contributed by atoms with van der Waals surface area (Å²) in [6.07, 6.45) is 5.72. The van der Waals surface area contributed by atoms with Crippen LogP contribution < -0.4 is 4.74 Å². The zero-order chi connectivity index (χ0) is 16.1. The van der Waals surface area contributed by atoms with Crippen LogP contribution in [0.4, 0.5) is 0 Å². The average molecular weight is 311 g/mol. The van der Waals surface area contributed by atoms with Gasteiger partial charge >= 0.3 is 0 Å². The molecule has 5 heteroatoms. The van der Waals surface area contributed by atoms with Crippen molar-refractivity contribution >= 4 is 5.91 Å². The molecule has 5 nitrogen and oxygen atoms in total. The SMILES string of the molecule is CCC(=O)N1CCC(c2nccnc2Oc2ccccc2)CC1. The Morgan fingerprint density at radius 3 is 2.57 bits per heavy atom. The van der Waals surface area contributed by atoms with Crippen LogP contribution in [0.15, 0.2) is 42.7 Å². The lowest BCUT2D eigenvalue weighted by molar-refractivity contribution is -0.131. The van der Waals surface area contributed by atoms with Gasteiger partial charge in [0, 0.05) is 37.8 Å². The van der Waals surface area contributed by atoms with E-state index in [9.17, 15) is 4.79 Å². The number of piperidine rings is 1. The number of likely N-dealkylation sites (tertiary alicyclic amines) is 1. The summed E-state index contributed by atoms with van der Waals surface area (Å²) in [6, 6.07) is 9.62. The van der Waals surface area contributed by atoms with Crippen LogP contribution in [0.5, 0.6) is 11.6 Å². The Labute approximate surface area is 136 Å². The number of amides is 1. The van der Waals surface area contributed by atoms with Crippen LogP contribution in [0.2, 0.25) is 0 Å². The van der Waals surface area contributed by atoms with Crippen LogP contribution in [-0.4, -0.2) is 33.9 Å². The average Bonchev–Trinajstić information content (AvgIpc) is 2.62. The number of hydrogen-bond acceptors (Lipinski definition) is 4. The van der Waals surface area contributed by atoms with Crippen LogP contribution >= 0.6 is 0 Å². The summed E-state index contributed by atoms with van der Waals surface area (Å²) >= 11 is 0. The first kappa shape index (κ1) is 15.5. The minimum absolute atomic E-state index is 0.225. The lowest BCUT2D eigenvalue weighted by Gasteiger charge is -2.31. The fraction of sp³-hybridized carbons (Fsp3) is 0.389. The van der Waals surface area contributed by atoms with Crippen molar-refractivity contribution in [3.05, 3.63) is 48.4 Å². The van der Waals surface area contributed by atoms with Gasteiger partial charge in [-0.1, -0.05) is 25.1 Å². The van der Waals surface area contributed by atoms with E-state index in [1.165, 1.54) is 0 Å². The van der Waals surface area contributed by atoms with Gasteiger partial charge in [-0.25, -0.2) is 4.98 Å². The standard InChI is InChI=1S/C18H21N3O2/c1-2-16(22)21-12-8-14(9-13-21)17-18(20-11-10-19-17)23-15-6-4-3-5-7-15/h3-7,10-11,14H,2,8-9,12-13H2,1H3. The number of rotatable bonds is 4. The van der Waals surface area contributed by atoms with Crippen LogP contribution in [0, 0.1) is 0 Å². The number of hydrogen-bond donors (Lipinski definition) is 0. The maximum absolute atomic E-state index is 11.8. The second-order valence-electron chi connectivity index (χ2n) is 5.67. The molecule has 0 saturated carbocycles. The van der Waals surface area contributed by atoms with E-state index in [2.05, 4.69) is 9.97 Å². The fourth-order valence-electron chi connectivity index (χ4n) is 2.92. The van der Waals surface area contributed by atoms with Gasteiger partial charge in [-0.15, -0.1) is 0 Å². The highest BCUT2D eigenvalue weighted by Crippen LogP contribution is 2.33. The number of aromatic nitrogens is 2. The Morgan fingerprint density at radius 1 is 1.17 bits per heavy atom. The highest BCUT2D eigenvalue weighted by atomic mass is 16.5. The molecule has 1 saturated heterocycles. The van der Waals surface area contributed by atoms with Crippen LogP contribution in [0.25, 0.3) is 0 Å². The van der Waals surface area contributed by atoms with Gasteiger partial charge in [-0.2, -0.15) is 0 Å². The van der Waals surface area contributed by atoms with E-state index in [0.29, 0.717) is 12.3 Å². The van der Waals surface area contributed by atoms with Gasteiger partial charge in [0.05, 0.1) is 0 Å². The molecule has 1 aromatic carbocycles. The topological polar surface area (TPSA) is 55.3 Å². The summed E-state index contributed by atoms with van der Waals surface area (Å²) in [5, 5.41) is 0. The van der Waals surface area contributed by atoms with E-state index in [1.54, 1.807) is 12.4 Å². The summed E-state index contributed by atoms with van der Waals surface area (Å²) in [6.45, 7) is 3.46. The lowest BCUT2D eigenvalue weighted by atomic mass is 9.93. The van der Waals surface area contributed by atoms with Crippen molar-refractivity contribution in [2.24, 2.45) is 0 Å². The summed E-state index contributed by atoms with van der Waals surface area (Å²) in [4.78, 5) is 22.6. The molecule has 2 aromatic rings. The normalized spacial score (nSPS) is 15.4. The van der Waals surface area contributed by atoms with Crippen molar-refractivity contribution in [2.75, 3.05) is 13.1 Å². The molecule has 23 heavy (non-hydrogen) atoms. The first-order valence-electron chi connectivity index (χ1n) is 8.09. The summed E-state index contributed by atoms with van der Waals surface area (Å²) in [5.74, 6) is 1.83. The molecule has 0 aliphatic carbocycles. The first-order valence-corrected chi connectivity index (χ1v) is 8.09. The molecule has 1 aliphatic rings. The zero-order valence-electron chi connectivity index (χ0n) is 13.3. The second-order valence-corrected chi connectivity index (χ2v) is 5.67. The van der Waals surface area contributed by atoms with E-state index in [1.807, 2.05) is 42.2 Å². The fourth-order valence-corrected chi connectivity index (χ4v) is 2.92. The summed E-state index contributed by atoms with van der Waals surface area (Å²) in [7, 11) is 0. The van der Waals surface area contributed by atoms with Crippen LogP contribution in [0.1, 0.15) is 37.8 Å². The van der Waals surface area contributed by atoms with Crippen molar-refractivity contribution in [2.45, 2.75) is 32.1 Å². The monoisotopic (exact) mass is 311 g/mol. The predicted octanol–water partition coefficient (Wildman–Crippen LogP) is 3.38. The van der Waals surface area contributed by atoms with Gasteiger partial charge in [0.1, 0.15) is 11.4 Å². The number of para-hydroxylation sites is 1. The minimum Gasteiger partial charge on any atom is -0.437 e. The molecule has 1 aliphatic heterocycles. The van der Waals surface area contributed by atoms with Crippen LogP contribution in [0.3, 0.4) is 0 Å². The molecular weight excluding hydrogens is 290 g/mol. The molecule has 3 rings (SSSR count). The maximum atomic E-state index is 11.8. The molecule has 0 atom stereocenters. The van der Waals surface area contributed by atoms with E-state index < -0.39 is 0 Å². The maximum Gasteiger partial charge on any atom is 0.241 e. The van der Waals surface area contributed by atoms with Gasteiger partial charge in [-0.3, -0.25) is 9.78 Å². The number of carbonyl (C=O) groups excluding carboxylic acids is 1. The lowest BCUT2D eigenvalue weighted by Crippen LogP contribution is -2.37. The molecule has 0 radical (unpaired) electrons. The van der Waals surface area contributed by atoms with Gasteiger partial charge in [0.2, 0.25) is 11.8 Å². The van der Waals surface area contributed by atoms with Crippen LogP contribution in [-0.2, 0) is 4.79 Å². The Hall–Kier alpha value is -2.43. The molecule has 2 heterocycles. The third kappa shape index (κ3) is 3.67. The molecule has 1 aromatic heterocycles. The van der Waals surface area contributed by atoms with Gasteiger partial charge in [0.25, 0.3) is 0 Å². The van der Waals surface area contributed by atoms with Crippen molar-refractivity contribution in [1.29, 1.82) is 0 Å². The van der Waals surface area contributed by atoms with E-state index in [0.717, 1.165) is 37.4 Å². The third-order valence-corrected chi connectivity index (χ3v) is 4.19. The van der Waals surface area contributed by atoms with Gasteiger partial charge < -0.3 is 9.64 Å². The first-order chi connectivity index (χ1) is 11.3. The second kappa shape index (κ2) is 7.22. The number of nitrogens with zero attached hydrogens (tertiary/aromatic N) is 3. The molecular formula is C18H21N3O2. The Bertz CT molecular complexity index is 652. The molecule has 120 valence electrons. The van der Waals surface area contributed by atoms with E-state index in [4.69, 9.17) is 4.74 Å². The molecule has 0 bridgehead atoms. The molecule has 0 N–H and O–H groups in total. The quantitative estimate of drug-likeness (QED) is 0.868.